The molecule has 2 N–H and O–H groups in total. The Labute approximate surface area is 202 Å². The molecular formula is C26H37N3O5. The van der Waals surface area contributed by atoms with Crippen molar-refractivity contribution in [1.82, 2.24) is 15.5 Å². The van der Waals surface area contributed by atoms with Crippen LogP contribution in [0.5, 0.6) is 0 Å². The second-order valence-electron chi connectivity index (χ2n) is 8.28. The van der Waals surface area contributed by atoms with Gasteiger partial charge in [-0.1, -0.05) is 43.5 Å². The lowest BCUT2D eigenvalue weighted by Crippen LogP contribution is -2.38. The summed E-state index contributed by atoms with van der Waals surface area (Å²) in [7, 11) is 1.44. The number of hydrogen-bond donors (Lipinski definition) is 2. The van der Waals surface area contributed by atoms with E-state index in [4.69, 9.17) is 4.74 Å². The minimum absolute atomic E-state index is 0.232. The Hall–Kier alpha value is -3.00. The number of carbonyl (C=O) groups is 4. The molecule has 4 amide bonds. The molecule has 1 aliphatic heterocycles. The van der Waals surface area contributed by atoms with Crippen molar-refractivity contribution < 1.29 is 23.9 Å². The standard InChI is InChI=1S/C26H37N3O5/c1-27-23(30)24(31)28-17-13-9-7-5-3-2-4-6-8-10-14-19-34-20-18-29-25(32)21-15-11-12-16-22(21)26(29)33/h3,5,11-12,15-16H,2,4,6-10,13-14,17-20H2,1H3,(H,27,30)(H,28,31). The zero-order chi connectivity index (χ0) is 24.6. The van der Waals surface area contributed by atoms with Gasteiger partial charge in [-0.2, -0.15) is 0 Å². The molecule has 0 saturated carbocycles. The second-order valence-corrected chi connectivity index (χ2v) is 8.28. The molecule has 34 heavy (non-hydrogen) atoms. The fourth-order valence-corrected chi connectivity index (χ4v) is 3.72. The summed E-state index contributed by atoms with van der Waals surface area (Å²) < 4.78 is 5.62. The minimum Gasteiger partial charge on any atom is -0.380 e. The van der Waals surface area contributed by atoms with Crippen LogP contribution in [0, 0.1) is 0 Å². The van der Waals surface area contributed by atoms with Crippen LogP contribution in [0.25, 0.3) is 0 Å². The molecule has 0 saturated heterocycles. The van der Waals surface area contributed by atoms with E-state index >= 15 is 0 Å². The number of allylic oxidation sites excluding steroid dienone is 2. The number of carbonyl (C=O) groups excluding carboxylic acids is 4. The molecule has 186 valence electrons. The normalized spacial score (nSPS) is 12.9. The van der Waals surface area contributed by atoms with E-state index in [0.29, 0.717) is 37.4 Å². The quantitative estimate of drug-likeness (QED) is 0.167. The number of imide groups is 1. The maximum Gasteiger partial charge on any atom is 0.309 e. The van der Waals surface area contributed by atoms with Crippen LogP contribution in [0.3, 0.4) is 0 Å². The number of hydrogen-bond acceptors (Lipinski definition) is 5. The van der Waals surface area contributed by atoms with E-state index in [2.05, 4.69) is 22.8 Å². The van der Waals surface area contributed by atoms with Crippen LogP contribution < -0.4 is 10.6 Å². The van der Waals surface area contributed by atoms with E-state index in [0.717, 1.165) is 38.5 Å². The van der Waals surface area contributed by atoms with Crippen LogP contribution >= 0.6 is 0 Å². The minimum atomic E-state index is -0.605. The van der Waals surface area contributed by atoms with Crippen LogP contribution in [0.1, 0.15) is 78.5 Å². The van der Waals surface area contributed by atoms with Crippen LogP contribution in [-0.4, -0.2) is 61.9 Å². The van der Waals surface area contributed by atoms with Crippen molar-refractivity contribution >= 4 is 23.6 Å². The average Bonchev–Trinajstić information content (AvgIpc) is 3.10. The van der Waals surface area contributed by atoms with Gasteiger partial charge in [-0.3, -0.25) is 24.1 Å². The van der Waals surface area contributed by atoms with Crippen molar-refractivity contribution in [1.29, 1.82) is 0 Å². The topological polar surface area (TPSA) is 105 Å². The molecule has 8 nitrogen and oxygen atoms in total. The lowest BCUT2D eigenvalue weighted by atomic mass is 10.1. The molecule has 0 aliphatic carbocycles. The first-order valence-electron chi connectivity index (χ1n) is 12.2. The highest BCUT2D eigenvalue weighted by Gasteiger charge is 2.34. The number of benzene rings is 1. The fraction of sp³-hybridized carbons (Fsp3) is 0.538. The summed E-state index contributed by atoms with van der Waals surface area (Å²) in [6.45, 7) is 1.83. The Morgan fingerprint density at radius 2 is 1.41 bits per heavy atom. The van der Waals surface area contributed by atoms with E-state index in [-0.39, 0.29) is 11.8 Å². The molecular weight excluding hydrogens is 434 g/mol. The molecule has 1 aliphatic rings. The number of unbranched alkanes of at least 4 members (excludes halogenated alkanes) is 7. The van der Waals surface area contributed by atoms with Crippen molar-refractivity contribution in [3.8, 4) is 0 Å². The number of nitrogens with zero attached hydrogens (tertiary/aromatic N) is 1. The Kier molecular flexibility index (Phi) is 12.6. The summed E-state index contributed by atoms with van der Waals surface area (Å²) in [5.41, 5.74) is 0.957. The first-order chi connectivity index (χ1) is 16.6. The van der Waals surface area contributed by atoms with Gasteiger partial charge in [-0.15, -0.1) is 0 Å². The van der Waals surface area contributed by atoms with Gasteiger partial charge in [0, 0.05) is 20.2 Å². The highest BCUT2D eigenvalue weighted by Crippen LogP contribution is 2.21. The van der Waals surface area contributed by atoms with Crippen molar-refractivity contribution in [2.45, 2.75) is 57.8 Å². The van der Waals surface area contributed by atoms with Crippen molar-refractivity contribution in [3.05, 3.63) is 47.5 Å². The van der Waals surface area contributed by atoms with Crippen molar-refractivity contribution in [3.63, 3.8) is 0 Å². The molecule has 0 radical (unpaired) electrons. The molecule has 0 fully saturated rings. The van der Waals surface area contributed by atoms with Gasteiger partial charge < -0.3 is 15.4 Å². The smallest absolute Gasteiger partial charge is 0.309 e. The largest absolute Gasteiger partial charge is 0.380 e. The van der Waals surface area contributed by atoms with Gasteiger partial charge in [0.05, 0.1) is 24.3 Å². The Balaban J connectivity index is 1.36. The van der Waals surface area contributed by atoms with E-state index in [1.807, 2.05) is 0 Å². The predicted molar refractivity (Wildman–Crippen MR) is 130 cm³/mol. The molecule has 1 heterocycles. The van der Waals surface area contributed by atoms with Gasteiger partial charge in [0.15, 0.2) is 0 Å². The van der Waals surface area contributed by atoms with Crippen LogP contribution in [0.2, 0.25) is 0 Å². The van der Waals surface area contributed by atoms with E-state index in [1.54, 1.807) is 24.3 Å². The fourth-order valence-electron chi connectivity index (χ4n) is 3.72. The van der Waals surface area contributed by atoms with Gasteiger partial charge in [-0.05, 0) is 50.7 Å². The van der Waals surface area contributed by atoms with Gasteiger partial charge in [0.2, 0.25) is 0 Å². The van der Waals surface area contributed by atoms with Gasteiger partial charge in [0.1, 0.15) is 0 Å². The van der Waals surface area contributed by atoms with Crippen LogP contribution in [0.4, 0.5) is 0 Å². The summed E-state index contributed by atoms with van der Waals surface area (Å²) >= 11 is 0. The van der Waals surface area contributed by atoms with Crippen molar-refractivity contribution in [2.24, 2.45) is 0 Å². The summed E-state index contributed by atoms with van der Waals surface area (Å²) in [4.78, 5) is 48.1. The molecule has 0 spiro atoms. The number of ether oxygens (including phenoxy) is 1. The number of amides is 4. The molecule has 1 aromatic rings. The number of likely N-dealkylation sites (N-methyl/N-ethyl adjacent to an activating group) is 1. The third-order valence-corrected chi connectivity index (χ3v) is 5.68. The molecule has 2 rings (SSSR count). The summed E-state index contributed by atoms with van der Waals surface area (Å²) in [5, 5.41) is 4.88. The molecule has 0 unspecified atom stereocenters. The lowest BCUT2D eigenvalue weighted by Gasteiger charge is -2.13. The number of rotatable bonds is 16. The zero-order valence-corrected chi connectivity index (χ0v) is 20.1. The van der Waals surface area contributed by atoms with Gasteiger partial charge in [0.25, 0.3) is 11.8 Å². The van der Waals surface area contributed by atoms with Crippen LogP contribution in [0.15, 0.2) is 36.4 Å². The lowest BCUT2D eigenvalue weighted by molar-refractivity contribution is -0.138. The monoisotopic (exact) mass is 471 g/mol. The number of nitrogens with one attached hydrogen (secondary N) is 2. The molecule has 0 bridgehead atoms. The Morgan fingerprint density at radius 1 is 0.824 bits per heavy atom. The Bertz CT molecular complexity index is 818. The molecule has 8 heteroatoms. The average molecular weight is 472 g/mol. The molecule has 1 aromatic carbocycles. The SMILES string of the molecule is CNC(=O)C(=O)NCCCCC=CCCCCCCCOCCN1C(=O)c2ccccc2C1=O. The van der Waals surface area contributed by atoms with Gasteiger partial charge >= 0.3 is 11.8 Å². The van der Waals surface area contributed by atoms with Crippen molar-refractivity contribution in [2.75, 3.05) is 33.4 Å². The van der Waals surface area contributed by atoms with E-state index < -0.39 is 11.8 Å². The van der Waals surface area contributed by atoms with E-state index in [1.165, 1.54) is 31.2 Å². The first kappa shape index (κ1) is 27.2. The molecule has 0 atom stereocenters. The first-order valence-corrected chi connectivity index (χ1v) is 12.2. The molecule has 0 aromatic heterocycles. The maximum atomic E-state index is 12.3. The summed E-state index contributed by atoms with van der Waals surface area (Å²) in [5.74, 6) is -1.65. The highest BCUT2D eigenvalue weighted by molar-refractivity contribution is 6.35. The Morgan fingerprint density at radius 3 is 2.06 bits per heavy atom. The summed E-state index contributed by atoms with van der Waals surface area (Å²) in [6.07, 6.45) is 13.9. The predicted octanol–water partition coefficient (Wildman–Crippen LogP) is 3.23. The highest BCUT2D eigenvalue weighted by atomic mass is 16.5. The summed E-state index contributed by atoms with van der Waals surface area (Å²) in [6, 6.07) is 6.91. The zero-order valence-electron chi connectivity index (χ0n) is 20.1. The third kappa shape index (κ3) is 9.09. The third-order valence-electron chi connectivity index (χ3n) is 5.68. The second kappa shape index (κ2) is 15.8. The number of fused-ring (bicyclic) bond motifs is 1. The van der Waals surface area contributed by atoms with Gasteiger partial charge in [-0.25, -0.2) is 0 Å². The van der Waals surface area contributed by atoms with Crippen LogP contribution in [-0.2, 0) is 14.3 Å². The van der Waals surface area contributed by atoms with E-state index in [9.17, 15) is 19.2 Å². The maximum absolute atomic E-state index is 12.3.